The van der Waals surface area contributed by atoms with Gasteiger partial charge in [-0.15, -0.1) is 0 Å². The largest absolute Gasteiger partial charge is 0.289 e. The van der Waals surface area contributed by atoms with Crippen LogP contribution >= 0.6 is 0 Å². The lowest BCUT2D eigenvalue weighted by molar-refractivity contribution is 0.0966. The zero-order valence-corrected chi connectivity index (χ0v) is 11.9. The van der Waals surface area contributed by atoms with Crippen molar-refractivity contribution in [1.29, 1.82) is 0 Å². The first-order valence-corrected chi connectivity index (χ1v) is 7.22. The molecule has 1 aromatic carbocycles. The van der Waals surface area contributed by atoms with Crippen LogP contribution in [0.4, 0.5) is 0 Å². The molecule has 0 aromatic heterocycles. The summed E-state index contributed by atoms with van der Waals surface area (Å²) in [6.45, 7) is 4.28. The first-order chi connectivity index (χ1) is 9.62. The number of hydrogen-bond acceptors (Lipinski definition) is 2. The van der Waals surface area contributed by atoms with E-state index in [2.05, 4.69) is 19.9 Å². The molecule has 0 fully saturated rings. The predicted octanol–water partition coefficient (Wildman–Crippen LogP) is 4.13. The highest BCUT2D eigenvalue weighted by Crippen LogP contribution is 2.43. The average Bonchev–Trinajstić information content (AvgIpc) is 2.52. The summed E-state index contributed by atoms with van der Waals surface area (Å²) in [5, 5.41) is 0. The van der Waals surface area contributed by atoms with Crippen LogP contribution in [0.15, 0.2) is 47.6 Å². The van der Waals surface area contributed by atoms with Crippen LogP contribution in [0.5, 0.6) is 0 Å². The van der Waals surface area contributed by atoms with Gasteiger partial charge in [-0.25, -0.2) is 0 Å². The SMILES string of the molecule is CCC1(CC)C=CC2=C(C1)C(=O)c1ccccc1C2=O. The van der Waals surface area contributed by atoms with Crippen LogP contribution in [0.25, 0.3) is 0 Å². The topological polar surface area (TPSA) is 34.1 Å². The molecule has 0 radical (unpaired) electrons. The number of ketones is 2. The van der Waals surface area contributed by atoms with E-state index < -0.39 is 0 Å². The Morgan fingerprint density at radius 1 is 1.00 bits per heavy atom. The normalized spacial score (nSPS) is 19.9. The molecule has 3 rings (SSSR count). The van der Waals surface area contributed by atoms with E-state index >= 15 is 0 Å². The molecule has 0 bridgehead atoms. The van der Waals surface area contributed by atoms with Crippen molar-refractivity contribution in [2.24, 2.45) is 5.41 Å². The molecule has 0 aliphatic heterocycles. The van der Waals surface area contributed by atoms with Crippen molar-refractivity contribution in [3.8, 4) is 0 Å². The number of benzene rings is 1. The lowest BCUT2D eigenvalue weighted by Gasteiger charge is -2.34. The Bertz CT molecular complexity index is 658. The molecule has 0 amide bonds. The Balaban J connectivity index is 2.12. The van der Waals surface area contributed by atoms with Crippen LogP contribution in [-0.2, 0) is 0 Å². The molecule has 0 saturated carbocycles. The lowest BCUT2D eigenvalue weighted by Crippen LogP contribution is -2.29. The molecule has 0 N–H and O–H groups in total. The van der Waals surface area contributed by atoms with Crippen LogP contribution < -0.4 is 0 Å². The van der Waals surface area contributed by atoms with Gasteiger partial charge < -0.3 is 0 Å². The summed E-state index contributed by atoms with van der Waals surface area (Å²) in [6, 6.07) is 7.14. The van der Waals surface area contributed by atoms with E-state index in [-0.39, 0.29) is 17.0 Å². The average molecular weight is 266 g/mol. The Morgan fingerprint density at radius 3 is 2.20 bits per heavy atom. The zero-order chi connectivity index (χ0) is 14.3. The van der Waals surface area contributed by atoms with Crippen LogP contribution in [0.1, 0.15) is 53.8 Å². The predicted molar refractivity (Wildman–Crippen MR) is 78.9 cm³/mol. The first-order valence-electron chi connectivity index (χ1n) is 7.22. The molecule has 0 saturated heterocycles. The lowest BCUT2D eigenvalue weighted by atomic mass is 9.68. The molecule has 0 atom stereocenters. The molecule has 2 aliphatic carbocycles. The highest BCUT2D eigenvalue weighted by atomic mass is 16.1. The second-order valence-electron chi connectivity index (χ2n) is 5.68. The molecule has 2 heteroatoms. The molecule has 0 spiro atoms. The number of hydrogen-bond donors (Lipinski definition) is 0. The van der Waals surface area contributed by atoms with Gasteiger partial charge in [-0.2, -0.15) is 0 Å². The standard InChI is InChI=1S/C18H18O2/c1-3-18(4-2)10-9-14-15(11-18)17(20)13-8-6-5-7-12(13)16(14)19/h5-10H,3-4,11H2,1-2H3. The monoisotopic (exact) mass is 266 g/mol. The van der Waals surface area contributed by atoms with E-state index in [4.69, 9.17) is 0 Å². The van der Waals surface area contributed by atoms with Crippen molar-refractivity contribution in [1.82, 2.24) is 0 Å². The van der Waals surface area contributed by atoms with Crippen molar-refractivity contribution < 1.29 is 9.59 Å². The Morgan fingerprint density at radius 2 is 1.60 bits per heavy atom. The molecular weight excluding hydrogens is 248 g/mol. The highest BCUT2D eigenvalue weighted by molar-refractivity contribution is 6.28. The van der Waals surface area contributed by atoms with Crippen LogP contribution in [0.3, 0.4) is 0 Å². The summed E-state index contributed by atoms with van der Waals surface area (Å²) in [5.41, 5.74) is 2.45. The van der Waals surface area contributed by atoms with Crippen LogP contribution in [0.2, 0.25) is 0 Å². The third-order valence-corrected chi connectivity index (χ3v) is 4.80. The van der Waals surface area contributed by atoms with Crippen LogP contribution in [0, 0.1) is 5.41 Å². The number of fused-ring (bicyclic) bond motifs is 1. The molecule has 1 aromatic rings. The number of carbonyl (C=O) groups excluding carboxylic acids is 2. The van der Waals surface area contributed by atoms with Gasteiger partial charge in [0.1, 0.15) is 0 Å². The number of rotatable bonds is 2. The van der Waals surface area contributed by atoms with E-state index in [1.807, 2.05) is 18.2 Å². The molecule has 2 nitrogen and oxygen atoms in total. The first kappa shape index (κ1) is 13.0. The minimum atomic E-state index is -0.00717. The van der Waals surface area contributed by atoms with E-state index in [9.17, 15) is 9.59 Å². The second kappa shape index (κ2) is 4.55. The van der Waals surface area contributed by atoms with E-state index in [0.29, 0.717) is 28.7 Å². The van der Waals surface area contributed by atoms with Gasteiger partial charge >= 0.3 is 0 Å². The van der Waals surface area contributed by atoms with Gasteiger partial charge in [-0.3, -0.25) is 9.59 Å². The molecule has 0 heterocycles. The van der Waals surface area contributed by atoms with Crippen molar-refractivity contribution >= 4 is 11.6 Å². The van der Waals surface area contributed by atoms with Crippen molar-refractivity contribution in [2.75, 3.05) is 0 Å². The van der Waals surface area contributed by atoms with E-state index in [0.717, 1.165) is 12.8 Å². The maximum absolute atomic E-state index is 12.7. The third kappa shape index (κ3) is 1.71. The van der Waals surface area contributed by atoms with Gasteiger partial charge in [-0.05, 0) is 24.7 Å². The van der Waals surface area contributed by atoms with Gasteiger partial charge in [0, 0.05) is 22.3 Å². The summed E-state index contributed by atoms with van der Waals surface area (Å²) in [5.74, 6) is 0.0260. The van der Waals surface area contributed by atoms with Gasteiger partial charge in [-0.1, -0.05) is 50.3 Å². The van der Waals surface area contributed by atoms with Crippen molar-refractivity contribution in [3.05, 3.63) is 58.7 Å². The smallest absolute Gasteiger partial charge is 0.194 e. The number of allylic oxidation sites excluding steroid dienone is 4. The minimum Gasteiger partial charge on any atom is -0.289 e. The summed E-state index contributed by atoms with van der Waals surface area (Å²) in [7, 11) is 0. The van der Waals surface area contributed by atoms with E-state index in [1.54, 1.807) is 12.1 Å². The Labute approximate surface area is 119 Å². The summed E-state index contributed by atoms with van der Waals surface area (Å²) >= 11 is 0. The molecule has 20 heavy (non-hydrogen) atoms. The summed E-state index contributed by atoms with van der Waals surface area (Å²) < 4.78 is 0. The van der Waals surface area contributed by atoms with Crippen molar-refractivity contribution in [2.45, 2.75) is 33.1 Å². The summed E-state index contributed by atoms with van der Waals surface area (Å²) in [6.07, 6.45) is 6.66. The molecule has 102 valence electrons. The van der Waals surface area contributed by atoms with Crippen molar-refractivity contribution in [3.63, 3.8) is 0 Å². The van der Waals surface area contributed by atoms with Gasteiger partial charge in [0.25, 0.3) is 0 Å². The fourth-order valence-electron chi connectivity index (χ4n) is 3.20. The van der Waals surface area contributed by atoms with Gasteiger partial charge in [0.05, 0.1) is 0 Å². The zero-order valence-electron chi connectivity index (χ0n) is 11.9. The fraction of sp³-hybridized carbons (Fsp3) is 0.333. The quantitative estimate of drug-likeness (QED) is 0.806. The third-order valence-electron chi connectivity index (χ3n) is 4.80. The van der Waals surface area contributed by atoms with Crippen LogP contribution in [-0.4, -0.2) is 11.6 Å². The Hall–Kier alpha value is -1.96. The fourth-order valence-corrected chi connectivity index (χ4v) is 3.20. The van der Waals surface area contributed by atoms with Gasteiger partial charge in [0.2, 0.25) is 0 Å². The molecule has 0 unspecified atom stereocenters. The summed E-state index contributed by atoms with van der Waals surface area (Å²) in [4.78, 5) is 25.2. The molecule has 2 aliphatic rings. The Kier molecular flexibility index (Phi) is 2.97. The van der Waals surface area contributed by atoms with Gasteiger partial charge in [0.15, 0.2) is 11.6 Å². The highest BCUT2D eigenvalue weighted by Gasteiger charge is 2.37. The number of carbonyl (C=O) groups is 2. The second-order valence-corrected chi connectivity index (χ2v) is 5.68. The maximum atomic E-state index is 12.7. The maximum Gasteiger partial charge on any atom is 0.194 e. The molecular formula is C18H18O2. The minimum absolute atomic E-state index is 0.00717. The van der Waals surface area contributed by atoms with E-state index in [1.165, 1.54) is 0 Å². The number of Topliss-reactive ketones (excluding diaryl/α,β-unsaturated/α-hetero) is 2.